The number of carboxylic acids is 1. The number of halogens is 1. The average Bonchev–Trinajstić information content (AvgIpc) is 3.12. The number of hydrogen-bond acceptors (Lipinski definition) is 4. The van der Waals surface area contributed by atoms with E-state index >= 15 is 0 Å². The number of rotatable bonds is 7. The maximum atomic E-state index is 12.6. The first-order valence-electron chi connectivity index (χ1n) is 11.4. The van der Waals surface area contributed by atoms with Gasteiger partial charge in [-0.3, -0.25) is 0 Å². The lowest BCUT2D eigenvalue weighted by Gasteiger charge is -2.22. The van der Waals surface area contributed by atoms with Crippen LogP contribution in [0.5, 0.6) is 5.75 Å². The van der Waals surface area contributed by atoms with E-state index in [9.17, 15) is 14.7 Å². The fourth-order valence-corrected chi connectivity index (χ4v) is 4.81. The van der Waals surface area contributed by atoms with Gasteiger partial charge in [-0.1, -0.05) is 54.6 Å². The molecule has 0 unspecified atom stereocenters. The first-order valence-corrected chi connectivity index (χ1v) is 12.2. The molecule has 0 spiro atoms. The third-order valence-corrected chi connectivity index (χ3v) is 6.41. The molecule has 1 aliphatic carbocycles. The maximum absolute atomic E-state index is 12.6. The Kier molecular flexibility index (Phi) is 7.17. The normalized spacial score (nSPS) is 13.5. The molecular weight excluding hydrogens is 510 g/mol. The zero-order valence-corrected chi connectivity index (χ0v) is 21.5. The Morgan fingerprint density at radius 1 is 1.00 bits per heavy atom. The molecule has 182 valence electrons. The summed E-state index contributed by atoms with van der Waals surface area (Å²) < 4.78 is 12.1. The minimum absolute atomic E-state index is 0.0947. The molecule has 3 aromatic rings. The standard InChI is InChI=1S/C28H28BrNO5/c1-28(2,3)35-25-13-12-17(14-23(25)29)15-24(26(31)32)30-27(33)34-16-22-20-10-6-4-8-18(20)19-9-5-7-11-21(19)22/h4-14,22,24H,15-16H2,1-3H3,(H,30,33)(H,31,32)/t24-/m0/s1. The largest absolute Gasteiger partial charge is 0.487 e. The van der Waals surface area contributed by atoms with Crippen molar-refractivity contribution in [1.29, 1.82) is 0 Å². The van der Waals surface area contributed by atoms with Crippen molar-refractivity contribution in [2.24, 2.45) is 0 Å². The zero-order valence-electron chi connectivity index (χ0n) is 19.9. The molecule has 35 heavy (non-hydrogen) atoms. The Hall–Kier alpha value is -3.32. The number of carbonyl (C=O) groups excluding carboxylic acids is 1. The van der Waals surface area contributed by atoms with Crippen molar-refractivity contribution >= 4 is 28.0 Å². The summed E-state index contributed by atoms with van der Waals surface area (Å²) >= 11 is 3.48. The van der Waals surface area contributed by atoms with Crippen molar-refractivity contribution in [3.8, 4) is 16.9 Å². The summed E-state index contributed by atoms with van der Waals surface area (Å²) in [5.74, 6) is -0.565. The van der Waals surface area contributed by atoms with Crippen LogP contribution in [0.25, 0.3) is 11.1 Å². The minimum atomic E-state index is -1.13. The van der Waals surface area contributed by atoms with Crippen molar-refractivity contribution in [1.82, 2.24) is 5.32 Å². The predicted octanol–water partition coefficient (Wildman–Crippen LogP) is 6.16. The van der Waals surface area contributed by atoms with Crippen LogP contribution in [0.2, 0.25) is 0 Å². The van der Waals surface area contributed by atoms with E-state index in [4.69, 9.17) is 9.47 Å². The topological polar surface area (TPSA) is 84.9 Å². The molecule has 2 N–H and O–H groups in total. The smallest absolute Gasteiger partial charge is 0.407 e. The molecule has 4 rings (SSSR count). The maximum Gasteiger partial charge on any atom is 0.407 e. The van der Waals surface area contributed by atoms with Gasteiger partial charge in [0.25, 0.3) is 0 Å². The Morgan fingerprint density at radius 3 is 2.14 bits per heavy atom. The molecular formula is C28H28BrNO5. The lowest BCUT2D eigenvalue weighted by Crippen LogP contribution is -2.42. The summed E-state index contributed by atoms with van der Waals surface area (Å²) in [7, 11) is 0. The summed E-state index contributed by atoms with van der Waals surface area (Å²) in [6.07, 6.45) is -0.653. The van der Waals surface area contributed by atoms with Crippen molar-refractivity contribution in [2.75, 3.05) is 6.61 Å². The van der Waals surface area contributed by atoms with Crippen LogP contribution in [0.4, 0.5) is 4.79 Å². The van der Waals surface area contributed by atoms with Crippen LogP contribution in [-0.4, -0.2) is 35.4 Å². The molecule has 0 aromatic heterocycles. The van der Waals surface area contributed by atoms with Gasteiger partial charge in [0.15, 0.2) is 0 Å². The number of fused-ring (bicyclic) bond motifs is 3. The number of carboxylic acid groups (broad SMARTS) is 1. The van der Waals surface area contributed by atoms with Crippen LogP contribution in [0.1, 0.15) is 43.4 Å². The van der Waals surface area contributed by atoms with Gasteiger partial charge in [-0.25, -0.2) is 9.59 Å². The molecule has 0 heterocycles. The summed E-state index contributed by atoms with van der Waals surface area (Å²) in [6, 6.07) is 20.4. The van der Waals surface area contributed by atoms with Crippen LogP contribution < -0.4 is 10.1 Å². The molecule has 0 aliphatic heterocycles. The van der Waals surface area contributed by atoms with E-state index in [0.29, 0.717) is 5.75 Å². The molecule has 7 heteroatoms. The molecule has 6 nitrogen and oxygen atoms in total. The molecule has 0 bridgehead atoms. The molecule has 0 radical (unpaired) electrons. The number of carbonyl (C=O) groups is 2. The second-order valence-electron chi connectivity index (χ2n) is 9.54. The van der Waals surface area contributed by atoms with Gasteiger partial charge in [-0.2, -0.15) is 0 Å². The number of benzene rings is 3. The van der Waals surface area contributed by atoms with Crippen LogP contribution in [-0.2, 0) is 16.0 Å². The first-order chi connectivity index (χ1) is 16.6. The zero-order chi connectivity index (χ0) is 25.2. The fraction of sp³-hybridized carbons (Fsp3) is 0.286. The van der Waals surface area contributed by atoms with Crippen molar-refractivity contribution in [3.63, 3.8) is 0 Å². The molecule has 3 aromatic carbocycles. The number of ether oxygens (including phenoxy) is 2. The first kappa shape index (κ1) is 24.8. The highest BCUT2D eigenvalue weighted by molar-refractivity contribution is 9.10. The van der Waals surface area contributed by atoms with Crippen LogP contribution in [0.3, 0.4) is 0 Å². The summed E-state index contributed by atoms with van der Waals surface area (Å²) in [6.45, 7) is 5.97. The summed E-state index contributed by atoms with van der Waals surface area (Å²) in [5, 5.41) is 12.2. The van der Waals surface area contributed by atoms with E-state index in [1.54, 1.807) is 18.2 Å². The molecule has 0 saturated heterocycles. The van der Waals surface area contributed by atoms with Gasteiger partial charge in [0.2, 0.25) is 0 Å². The molecule has 1 atom stereocenters. The Balaban J connectivity index is 1.41. The number of amides is 1. The monoisotopic (exact) mass is 537 g/mol. The lowest BCUT2D eigenvalue weighted by atomic mass is 9.98. The second-order valence-corrected chi connectivity index (χ2v) is 10.4. The third kappa shape index (κ3) is 5.85. The van der Waals surface area contributed by atoms with Gasteiger partial charge < -0.3 is 19.9 Å². The fourth-order valence-electron chi connectivity index (χ4n) is 4.30. The lowest BCUT2D eigenvalue weighted by molar-refractivity contribution is -0.139. The minimum Gasteiger partial charge on any atom is -0.487 e. The van der Waals surface area contributed by atoms with Gasteiger partial charge in [-0.15, -0.1) is 0 Å². The Bertz CT molecular complexity index is 1200. The highest BCUT2D eigenvalue weighted by Gasteiger charge is 2.30. The van der Waals surface area contributed by atoms with E-state index in [1.165, 1.54) is 0 Å². The number of nitrogens with one attached hydrogen (secondary N) is 1. The predicted molar refractivity (Wildman–Crippen MR) is 138 cm³/mol. The molecule has 0 saturated carbocycles. The van der Waals surface area contributed by atoms with Crippen LogP contribution >= 0.6 is 15.9 Å². The number of hydrogen-bond donors (Lipinski definition) is 2. The number of alkyl carbamates (subject to hydrolysis) is 1. The van der Waals surface area contributed by atoms with Gasteiger partial charge >= 0.3 is 12.1 Å². The molecule has 1 amide bonds. The Labute approximate surface area is 213 Å². The van der Waals surface area contributed by atoms with Crippen molar-refractivity contribution in [3.05, 3.63) is 87.9 Å². The van der Waals surface area contributed by atoms with Crippen molar-refractivity contribution < 1.29 is 24.2 Å². The number of aliphatic carboxylic acids is 1. The van der Waals surface area contributed by atoms with Gasteiger partial charge in [0.1, 0.15) is 24.0 Å². The van der Waals surface area contributed by atoms with Crippen LogP contribution in [0, 0.1) is 0 Å². The van der Waals surface area contributed by atoms with Crippen LogP contribution in [0.15, 0.2) is 71.2 Å². The van der Waals surface area contributed by atoms with E-state index in [-0.39, 0.29) is 24.5 Å². The highest BCUT2D eigenvalue weighted by atomic mass is 79.9. The highest BCUT2D eigenvalue weighted by Crippen LogP contribution is 2.44. The SMILES string of the molecule is CC(C)(C)Oc1ccc(C[C@H](NC(=O)OCC2c3ccccc3-c3ccccc32)C(=O)O)cc1Br. The van der Waals surface area contributed by atoms with Gasteiger partial charge in [0, 0.05) is 12.3 Å². The quantitative estimate of drug-likeness (QED) is 0.377. The van der Waals surface area contributed by atoms with Crippen molar-refractivity contribution in [2.45, 2.75) is 44.8 Å². The second kappa shape index (κ2) is 10.1. The molecule has 0 fully saturated rings. The van der Waals surface area contributed by atoms with Gasteiger partial charge in [0.05, 0.1) is 4.47 Å². The van der Waals surface area contributed by atoms with E-state index in [0.717, 1.165) is 32.3 Å². The Morgan fingerprint density at radius 2 is 1.60 bits per heavy atom. The van der Waals surface area contributed by atoms with Gasteiger partial charge in [-0.05, 0) is 76.7 Å². The van der Waals surface area contributed by atoms with E-state index < -0.39 is 18.1 Å². The van der Waals surface area contributed by atoms with E-state index in [2.05, 4.69) is 33.4 Å². The summed E-state index contributed by atoms with van der Waals surface area (Å²) in [4.78, 5) is 24.4. The summed E-state index contributed by atoms with van der Waals surface area (Å²) in [5.41, 5.74) is 4.83. The third-order valence-electron chi connectivity index (χ3n) is 5.79. The molecule has 1 aliphatic rings. The average molecular weight is 538 g/mol. The van der Waals surface area contributed by atoms with E-state index in [1.807, 2.05) is 57.2 Å².